The first-order valence-electron chi connectivity index (χ1n) is 3.82. The van der Waals surface area contributed by atoms with Gasteiger partial charge >= 0.3 is 0 Å². The Balaban J connectivity index is 3.61. The number of hydrogen-bond acceptors (Lipinski definition) is 3. The maximum absolute atomic E-state index is 11.0. The summed E-state index contributed by atoms with van der Waals surface area (Å²) in [6.45, 7) is 2.58. The molecule has 3 nitrogen and oxygen atoms in total. The summed E-state index contributed by atoms with van der Waals surface area (Å²) in [5.41, 5.74) is 0. The van der Waals surface area contributed by atoms with Gasteiger partial charge in [-0.2, -0.15) is 12.6 Å². The van der Waals surface area contributed by atoms with Crippen LogP contribution in [-0.4, -0.2) is 36.8 Å². The van der Waals surface area contributed by atoms with Crippen LogP contribution in [0.25, 0.3) is 0 Å². The fourth-order valence-electron chi connectivity index (χ4n) is 0.625. The molecule has 0 aromatic carbocycles. The molecule has 1 atom stereocenters. The van der Waals surface area contributed by atoms with Gasteiger partial charge in [0, 0.05) is 12.6 Å². The quantitative estimate of drug-likeness (QED) is 0.382. The summed E-state index contributed by atoms with van der Waals surface area (Å²) >= 11 is 4.02. The monoisotopic (exact) mass is 188 g/mol. The number of likely N-dealkylation sites (N-methyl/N-ethyl adjacent to an activating group) is 1. The highest BCUT2D eigenvalue weighted by Crippen LogP contribution is 1.86. The van der Waals surface area contributed by atoms with Crippen LogP contribution < -0.4 is 5.32 Å². The minimum atomic E-state index is -0.0978. The van der Waals surface area contributed by atoms with Crippen molar-refractivity contribution >= 4 is 18.5 Å². The molecule has 0 unspecified atom stereocenters. The second-order valence-corrected chi connectivity index (χ2v) is 3.62. The molecule has 0 aromatic rings. The van der Waals surface area contributed by atoms with Crippen molar-refractivity contribution in [3.63, 3.8) is 0 Å². The average molecular weight is 188 g/mol. The van der Waals surface area contributed by atoms with Gasteiger partial charge in [-0.3, -0.25) is 4.79 Å². The summed E-state index contributed by atoms with van der Waals surface area (Å²) in [7, 11) is 3.90. The number of amides is 1. The lowest BCUT2D eigenvalue weighted by Crippen LogP contribution is -2.26. The molecule has 0 aliphatic carbocycles. The van der Waals surface area contributed by atoms with Gasteiger partial charge in [0.15, 0.2) is 0 Å². The second-order valence-electron chi connectivity index (χ2n) is 2.85. The third kappa shape index (κ3) is 7.63. The van der Waals surface area contributed by atoms with Crippen LogP contribution in [0.2, 0.25) is 0 Å². The van der Waals surface area contributed by atoms with E-state index in [1.54, 1.807) is 6.92 Å². The van der Waals surface area contributed by atoms with E-state index in [0.717, 1.165) is 6.54 Å². The fourth-order valence-corrected chi connectivity index (χ4v) is 0.752. The van der Waals surface area contributed by atoms with E-state index in [9.17, 15) is 4.79 Å². The van der Waals surface area contributed by atoms with Crippen molar-refractivity contribution < 1.29 is 4.79 Å². The Morgan fingerprint density at radius 3 is 2.67 bits per heavy atom. The molecule has 0 saturated carbocycles. The highest BCUT2D eigenvalue weighted by atomic mass is 32.1. The molecule has 0 heterocycles. The van der Waals surface area contributed by atoms with Gasteiger partial charge in [0.2, 0.25) is 5.91 Å². The summed E-state index contributed by atoms with van der Waals surface area (Å²) in [4.78, 5) is 12.9. The third-order valence-electron chi connectivity index (χ3n) is 1.09. The van der Waals surface area contributed by atoms with Crippen molar-refractivity contribution in [3.8, 4) is 0 Å². The van der Waals surface area contributed by atoms with E-state index in [2.05, 4.69) is 17.9 Å². The number of nitrogens with one attached hydrogen (secondary N) is 1. The van der Waals surface area contributed by atoms with E-state index in [0.29, 0.717) is 0 Å². The first-order valence-corrected chi connectivity index (χ1v) is 4.34. The zero-order chi connectivity index (χ0) is 9.56. The Morgan fingerprint density at radius 2 is 2.25 bits per heavy atom. The molecule has 0 rings (SSSR count). The molecular weight excluding hydrogens is 172 g/mol. The molecule has 0 radical (unpaired) electrons. The van der Waals surface area contributed by atoms with Gasteiger partial charge in [0.1, 0.15) is 0 Å². The largest absolute Gasteiger partial charge is 0.341 e. The highest BCUT2D eigenvalue weighted by molar-refractivity contribution is 7.80. The van der Waals surface area contributed by atoms with Crippen LogP contribution >= 0.6 is 12.6 Å². The number of hydrogen-bond donors (Lipinski definition) is 2. The van der Waals surface area contributed by atoms with E-state index in [4.69, 9.17) is 0 Å². The van der Waals surface area contributed by atoms with Crippen LogP contribution in [0.5, 0.6) is 0 Å². The maximum atomic E-state index is 11.0. The number of nitrogens with zero attached hydrogens (tertiary/aromatic N) is 1. The minimum absolute atomic E-state index is 0.0958. The normalized spacial score (nSPS) is 13.8. The minimum Gasteiger partial charge on any atom is -0.341 e. The van der Waals surface area contributed by atoms with Crippen molar-refractivity contribution in [2.45, 2.75) is 12.3 Å². The van der Waals surface area contributed by atoms with Gasteiger partial charge in [-0.25, -0.2) is 0 Å². The Morgan fingerprint density at radius 1 is 1.67 bits per heavy atom. The van der Waals surface area contributed by atoms with E-state index in [1.165, 1.54) is 6.08 Å². The fraction of sp³-hybridized carbons (Fsp3) is 0.625. The predicted octanol–water partition coefficient (Wildman–Crippen LogP) is 0.496. The van der Waals surface area contributed by atoms with Crippen LogP contribution in [0.15, 0.2) is 12.2 Å². The van der Waals surface area contributed by atoms with Crippen LogP contribution in [0.4, 0.5) is 0 Å². The number of carbonyl (C=O) groups excluding carboxylic acids is 1. The Labute approximate surface area is 79.2 Å². The molecular formula is C8H16N2OS. The molecule has 1 amide bonds. The van der Waals surface area contributed by atoms with Crippen LogP contribution in [-0.2, 0) is 4.79 Å². The highest BCUT2D eigenvalue weighted by Gasteiger charge is 1.96. The lowest BCUT2D eigenvalue weighted by molar-refractivity contribution is -0.116. The van der Waals surface area contributed by atoms with Gasteiger partial charge in [-0.15, -0.1) is 0 Å². The summed E-state index contributed by atoms with van der Waals surface area (Å²) < 4.78 is 0. The topological polar surface area (TPSA) is 32.3 Å². The van der Waals surface area contributed by atoms with Crippen molar-refractivity contribution in [2.24, 2.45) is 0 Å². The molecule has 0 aliphatic heterocycles. The molecule has 4 heteroatoms. The summed E-state index contributed by atoms with van der Waals surface area (Å²) in [6.07, 6.45) is 3.33. The Kier molecular flexibility index (Phi) is 5.84. The standard InChI is InChI=1S/C8H16N2OS/c1-7(12)9-8(11)5-4-6-10(2)3/h4-5,7,12H,6H2,1-3H3,(H,9,11)/b5-4+/t7-/m0/s1. The van der Waals surface area contributed by atoms with E-state index < -0.39 is 0 Å². The molecule has 0 aliphatic rings. The summed E-state index contributed by atoms with van der Waals surface area (Å²) in [6, 6.07) is 0. The van der Waals surface area contributed by atoms with Crippen molar-refractivity contribution in [1.82, 2.24) is 10.2 Å². The molecule has 0 fully saturated rings. The molecule has 1 N–H and O–H groups in total. The molecule has 0 aromatic heterocycles. The molecule has 0 spiro atoms. The van der Waals surface area contributed by atoms with Crippen molar-refractivity contribution in [3.05, 3.63) is 12.2 Å². The van der Waals surface area contributed by atoms with Crippen LogP contribution in [0.3, 0.4) is 0 Å². The van der Waals surface area contributed by atoms with Gasteiger partial charge < -0.3 is 10.2 Å². The zero-order valence-electron chi connectivity index (χ0n) is 7.74. The van der Waals surface area contributed by atoms with Gasteiger partial charge in [0.25, 0.3) is 0 Å². The lowest BCUT2D eigenvalue weighted by Gasteiger charge is -2.05. The Hall–Kier alpha value is -0.480. The zero-order valence-corrected chi connectivity index (χ0v) is 8.64. The molecule has 12 heavy (non-hydrogen) atoms. The van der Waals surface area contributed by atoms with E-state index in [1.807, 2.05) is 25.1 Å². The van der Waals surface area contributed by atoms with Gasteiger partial charge in [0.05, 0.1) is 5.37 Å². The smallest absolute Gasteiger partial charge is 0.244 e. The first kappa shape index (κ1) is 11.5. The summed E-state index contributed by atoms with van der Waals surface area (Å²) in [5, 5.41) is 2.54. The lowest BCUT2D eigenvalue weighted by atomic mass is 10.4. The van der Waals surface area contributed by atoms with E-state index >= 15 is 0 Å². The van der Waals surface area contributed by atoms with Crippen molar-refractivity contribution in [1.29, 1.82) is 0 Å². The Bertz CT molecular complexity index is 166. The average Bonchev–Trinajstić information content (AvgIpc) is 1.84. The number of carbonyl (C=O) groups is 1. The molecule has 0 saturated heterocycles. The van der Waals surface area contributed by atoms with Gasteiger partial charge in [-0.05, 0) is 21.0 Å². The third-order valence-corrected chi connectivity index (χ3v) is 1.22. The first-order chi connectivity index (χ1) is 5.52. The van der Waals surface area contributed by atoms with Crippen LogP contribution in [0, 0.1) is 0 Å². The van der Waals surface area contributed by atoms with Crippen molar-refractivity contribution in [2.75, 3.05) is 20.6 Å². The molecule has 0 bridgehead atoms. The predicted molar refractivity (Wildman–Crippen MR) is 54.3 cm³/mol. The van der Waals surface area contributed by atoms with E-state index in [-0.39, 0.29) is 11.3 Å². The van der Waals surface area contributed by atoms with Gasteiger partial charge in [-0.1, -0.05) is 6.08 Å². The number of thiol groups is 1. The summed E-state index contributed by atoms with van der Waals surface area (Å²) in [5.74, 6) is -0.0978. The maximum Gasteiger partial charge on any atom is 0.244 e. The SMILES string of the molecule is C[C@H](S)NC(=O)/C=C/CN(C)C. The number of rotatable bonds is 4. The molecule has 70 valence electrons. The second kappa shape index (κ2) is 6.08. The van der Waals surface area contributed by atoms with Crippen LogP contribution in [0.1, 0.15) is 6.92 Å².